The molecule has 0 atom stereocenters. The van der Waals surface area contributed by atoms with Gasteiger partial charge in [0, 0.05) is 11.9 Å². The fourth-order valence-corrected chi connectivity index (χ4v) is 2.70. The van der Waals surface area contributed by atoms with E-state index in [0.717, 1.165) is 5.03 Å². The third-order valence-electron chi connectivity index (χ3n) is 1.34. The van der Waals surface area contributed by atoms with E-state index >= 15 is 0 Å². The predicted molar refractivity (Wildman–Crippen MR) is 73.9 cm³/mol. The molecule has 0 amide bonds. The molecule has 1 rings (SSSR count). The lowest BCUT2D eigenvalue weighted by molar-refractivity contribution is 0.0759. The minimum Gasteiger partial charge on any atom is -0.433 e. The highest BCUT2D eigenvalue weighted by Crippen LogP contribution is 2.28. The van der Waals surface area contributed by atoms with Gasteiger partial charge in [-0.3, -0.25) is 0 Å². The van der Waals surface area contributed by atoms with Crippen LogP contribution in [-0.4, -0.2) is 28.1 Å². The molecule has 0 aliphatic heterocycles. The van der Waals surface area contributed by atoms with Gasteiger partial charge >= 0.3 is 6.16 Å². The van der Waals surface area contributed by atoms with Crippen LogP contribution >= 0.6 is 44.2 Å². The lowest BCUT2D eigenvalue weighted by atomic mass is 10.5. The molecular weight excluding hydrogens is 361 g/mol. The van der Waals surface area contributed by atoms with Crippen molar-refractivity contribution in [3.63, 3.8) is 0 Å². The third kappa shape index (κ3) is 6.44. The van der Waals surface area contributed by atoms with E-state index in [1.165, 1.54) is 0 Å². The predicted octanol–water partition coefficient (Wildman–Crippen LogP) is 3.37. The molecule has 88 valence electrons. The first-order valence-corrected chi connectivity index (χ1v) is 8.23. The number of alkyl halides is 1. The van der Waals surface area contributed by atoms with E-state index in [1.54, 1.807) is 27.8 Å². The first-order chi connectivity index (χ1) is 7.83. The Labute approximate surface area is 115 Å². The van der Waals surface area contributed by atoms with Crippen LogP contribution in [0, 0.1) is 0 Å². The molecule has 16 heavy (non-hydrogen) atoms. The van der Waals surface area contributed by atoms with Crippen LogP contribution in [-0.2, 0) is 9.47 Å². The lowest BCUT2D eigenvalue weighted by Gasteiger charge is -2.03. The number of carbonyl (C=O) groups is 1. The maximum Gasteiger partial charge on any atom is 0.509 e. The van der Waals surface area contributed by atoms with Crippen molar-refractivity contribution in [2.75, 3.05) is 17.0 Å². The van der Waals surface area contributed by atoms with Gasteiger partial charge in [0.1, 0.15) is 16.2 Å². The maximum atomic E-state index is 10.8. The topological polar surface area (TPSA) is 48.4 Å². The van der Waals surface area contributed by atoms with Gasteiger partial charge in [0.15, 0.2) is 0 Å². The molecule has 0 aliphatic rings. The molecule has 7 heteroatoms. The summed E-state index contributed by atoms with van der Waals surface area (Å²) in [5.74, 6) is 0.706. The second-order valence-electron chi connectivity index (χ2n) is 2.43. The van der Waals surface area contributed by atoms with Gasteiger partial charge in [-0.1, -0.05) is 16.9 Å². The molecule has 1 heterocycles. The van der Waals surface area contributed by atoms with Crippen LogP contribution in [0.1, 0.15) is 0 Å². The summed E-state index contributed by atoms with van der Waals surface area (Å²) in [5, 5.41) is 0.947. The van der Waals surface area contributed by atoms with E-state index in [0.29, 0.717) is 17.0 Å². The number of ether oxygens (including phenoxy) is 2. The normalized spacial score (nSPS) is 9.81. The smallest absolute Gasteiger partial charge is 0.433 e. The fraction of sp³-hybridized carbons (Fsp3) is 0.333. The Morgan fingerprint density at radius 2 is 2.31 bits per heavy atom. The highest BCUT2D eigenvalue weighted by atomic mass is 127. The summed E-state index contributed by atoms with van der Waals surface area (Å²) in [7, 11) is 3.14. The zero-order chi connectivity index (χ0) is 11.6. The number of pyridine rings is 1. The van der Waals surface area contributed by atoms with E-state index < -0.39 is 6.16 Å². The standard InChI is InChI=1S/C9H10INO3S2/c10-7-14-9(12)13-5-6-15-16-8-3-1-2-4-11-8/h1-4H,5-7H2. The van der Waals surface area contributed by atoms with E-state index in [1.807, 2.05) is 40.8 Å². The number of hydrogen-bond acceptors (Lipinski definition) is 6. The van der Waals surface area contributed by atoms with Crippen molar-refractivity contribution < 1.29 is 14.3 Å². The van der Waals surface area contributed by atoms with Gasteiger partial charge in [-0.25, -0.2) is 9.78 Å². The zero-order valence-corrected chi connectivity index (χ0v) is 12.1. The van der Waals surface area contributed by atoms with Crippen LogP contribution in [0.5, 0.6) is 0 Å². The average Bonchev–Trinajstić information content (AvgIpc) is 2.30. The molecule has 0 aromatic carbocycles. The van der Waals surface area contributed by atoms with Gasteiger partial charge in [0.2, 0.25) is 0 Å². The molecule has 0 N–H and O–H groups in total. The summed E-state index contributed by atoms with van der Waals surface area (Å²) in [4.78, 5) is 14.9. The highest BCUT2D eigenvalue weighted by molar-refractivity contribution is 14.1. The van der Waals surface area contributed by atoms with Crippen molar-refractivity contribution in [1.29, 1.82) is 0 Å². The summed E-state index contributed by atoms with van der Waals surface area (Å²) >= 11 is 1.94. The van der Waals surface area contributed by atoms with E-state index in [2.05, 4.69) is 9.72 Å². The Morgan fingerprint density at radius 3 is 3.00 bits per heavy atom. The maximum absolute atomic E-state index is 10.8. The molecule has 0 fully saturated rings. The minimum atomic E-state index is -0.613. The van der Waals surface area contributed by atoms with Gasteiger partial charge in [0.05, 0.1) is 0 Å². The number of rotatable bonds is 6. The summed E-state index contributed by atoms with van der Waals surface area (Å²) < 4.78 is 9.72. The monoisotopic (exact) mass is 371 g/mol. The van der Waals surface area contributed by atoms with Crippen molar-refractivity contribution in [3.8, 4) is 0 Å². The van der Waals surface area contributed by atoms with E-state index in [9.17, 15) is 4.79 Å². The van der Waals surface area contributed by atoms with Crippen molar-refractivity contribution >= 4 is 50.3 Å². The van der Waals surface area contributed by atoms with Crippen LogP contribution in [0.2, 0.25) is 0 Å². The summed E-state index contributed by atoms with van der Waals surface area (Å²) in [5.41, 5.74) is 0. The van der Waals surface area contributed by atoms with Crippen molar-refractivity contribution in [2.24, 2.45) is 0 Å². The van der Waals surface area contributed by atoms with Crippen molar-refractivity contribution in [1.82, 2.24) is 4.98 Å². The van der Waals surface area contributed by atoms with Crippen LogP contribution in [0.3, 0.4) is 0 Å². The van der Waals surface area contributed by atoms with Gasteiger partial charge in [0.25, 0.3) is 0 Å². The molecule has 0 unspecified atom stereocenters. The molecule has 4 nitrogen and oxygen atoms in total. The Bertz CT molecular complexity index is 313. The lowest BCUT2D eigenvalue weighted by Crippen LogP contribution is -2.08. The Kier molecular flexibility index (Phi) is 7.77. The Balaban J connectivity index is 2.02. The Hall–Kier alpha value is -0.150. The first kappa shape index (κ1) is 13.9. The van der Waals surface area contributed by atoms with Crippen molar-refractivity contribution in [2.45, 2.75) is 5.03 Å². The number of nitrogens with zero attached hydrogens (tertiary/aromatic N) is 1. The van der Waals surface area contributed by atoms with Crippen molar-refractivity contribution in [3.05, 3.63) is 24.4 Å². The quantitative estimate of drug-likeness (QED) is 0.251. The molecule has 0 radical (unpaired) electrons. The molecule has 0 spiro atoms. The SMILES string of the molecule is O=C(OCI)OCCSSc1ccccn1. The second kappa shape index (κ2) is 8.94. The van der Waals surface area contributed by atoms with Gasteiger partial charge in [-0.2, -0.15) is 0 Å². The first-order valence-electron chi connectivity index (χ1n) is 4.39. The number of aromatic nitrogens is 1. The van der Waals surface area contributed by atoms with Gasteiger partial charge in [-0.15, -0.1) is 0 Å². The number of hydrogen-bond donors (Lipinski definition) is 0. The molecule has 0 aliphatic carbocycles. The minimum absolute atomic E-state index is 0.312. The van der Waals surface area contributed by atoms with Gasteiger partial charge in [-0.05, 0) is 45.5 Å². The molecule has 0 saturated heterocycles. The third-order valence-corrected chi connectivity index (χ3v) is 3.88. The van der Waals surface area contributed by atoms with Crippen LogP contribution in [0.15, 0.2) is 29.4 Å². The fourth-order valence-electron chi connectivity index (χ4n) is 0.744. The summed E-state index contributed by atoms with van der Waals surface area (Å²) in [6, 6.07) is 5.74. The van der Waals surface area contributed by atoms with E-state index in [4.69, 9.17) is 4.74 Å². The molecule has 0 saturated carbocycles. The molecular formula is C9H10INO3S2. The summed E-state index contributed by atoms with van der Waals surface area (Å²) in [6.45, 7) is 0.347. The molecule has 1 aromatic heterocycles. The molecule has 1 aromatic rings. The molecule has 0 bridgehead atoms. The zero-order valence-electron chi connectivity index (χ0n) is 8.30. The Morgan fingerprint density at radius 1 is 1.44 bits per heavy atom. The van der Waals surface area contributed by atoms with Crippen LogP contribution in [0.25, 0.3) is 0 Å². The van der Waals surface area contributed by atoms with Crippen LogP contribution in [0.4, 0.5) is 4.79 Å². The second-order valence-corrected chi connectivity index (χ2v) is 5.48. The number of halogens is 1. The van der Waals surface area contributed by atoms with E-state index in [-0.39, 0.29) is 0 Å². The summed E-state index contributed by atoms with van der Waals surface area (Å²) in [6.07, 6.45) is 1.13. The highest BCUT2D eigenvalue weighted by Gasteiger charge is 2.02. The largest absolute Gasteiger partial charge is 0.509 e. The van der Waals surface area contributed by atoms with Crippen LogP contribution < -0.4 is 0 Å². The number of carbonyl (C=O) groups excluding carboxylic acids is 1. The average molecular weight is 371 g/mol. The van der Waals surface area contributed by atoms with Gasteiger partial charge < -0.3 is 9.47 Å².